The Hall–Kier alpha value is -1.54. The van der Waals surface area contributed by atoms with Crippen LogP contribution < -0.4 is 4.74 Å². The Morgan fingerprint density at radius 2 is 2.39 bits per heavy atom. The van der Waals surface area contributed by atoms with Gasteiger partial charge in [-0.15, -0.1) is 6.42 Å². The first kappa shape index (κ1) is 14.5. The minimum atomic E-state index is 0.201. The van der Waals surface area contributed by atoms with Crippen molar-refractivity contribution in [3.05, 3.63) is 16.2 Å². The lowest BCUT2D eigenvalue weighted by Crippen LogP contribution is -2.14. The number of aliphatic imine (C=N–C) groups is 1. The molecule has 0 saturated heterocycles. The highest BCUT2D eigenvalue weighted by Gasteiger charge is 2.07. The SMILES string of the molecule is C#CCOc1nc(C)c(/N=C/N(C)CC)cc1Br. The molecule has 0 atom stereocenters. The van der Waals surface area contributed by atoms with Gasteiger partial charge in [-0.25, -0.2) is 9.98 Å². The Kier molecular flexibility index (Phi) is 5.66. The van der Waals surface area contributed by atoms with Crippen LogP contribution in [0.25, 0.3) is 0 Å². The average molecular weight is 310 g/mol. The molecule has 4 nitrogen and oxygen atoms in total. The molecule has 0 unspecified atom stereocenters. The molecular formula is C13H16BrN3O. The lowest BCUT2D eigenvalue weighted by atomic mass is 10.3. The molecule has 0 amide bonds. The van der Waals surface area contributed by atoms with E-state index < -0.39 is 0 Å². The van der Waals surface area contributed by atoms with Crippen molar-refractivity contribution in [1.82, 2.24) is 9.88 Å². The smallest absolute Gasteiger partial charge is 0.229 e. The number of hydrogen-bond acceptors (Lipinski definition) is 3. The molecule has 0 spiro atoms. The molecule has 1 rings (SSSR count). The summed E-state index contributed by atoms with van der Waals surface area (Å²) in [6.07, 6.45) is 6.92. The van der Waals surface area contributed by atoms with Crippen molar-refractivity contribution < 1.29 is 4.74 Å². The van der Waals surface area contributed by atoms with Crippen LogP contribution in [-0.2, 0) is 0 Å². The van der Waals surface area contributed by atoms with Crippen LogP contribution in [0, 0.1) is 19.3 Å². The minimum Gasteiger partial charge on any atom is -0.464 e. The fourth-order valence-corrected chi connectivity index (χ4v) is 1.55. The highest BCUT2D eigenvalue weighted by atomic mass is 79.9. The molecule has 0 saturated carbocycles. The third-order valence-corrected chi connectivity index (χ3v) is 2.86. The van der Waals surface area contributed by atoms with E-state index in [1.165, 1.54) is 0 Å². The highest BCUT2D eigenvalue weighted by Crippen LogP contribution is 2.29. The van der Waals surface area contributed by atoms with Gasteiger partial charge in [0.15, 0.2) is 6.61 Å². The number of rotatable bonds is 5. The molecular weight excluding hydrogens is 294 g/mol. The van der Waals surface area contributed by atoms with E-state index in [1.54, 1.807) is 6.34 Å². The summed E-state index contributed by atoms with van der Waals surface area (Å²) >= 11 is 3.39. The second kappa shape index (κ2) is 7.02. The second-order valence-corrected chi connectivity index (χ2v) is 4.54. The van der Waals surface area contributed by atoms with Crippen LogP contribution in [0.2, 0.25) is 0 Å². The number of pyridine rings is 1. The fourth-order valence-electron chi connectivity index (χ4n) is 1.13. The molecule has 96 valence electrons. The first-order valence-electron chi connectivity index (χ1n) is 5.56. The Morgan fingerprint density at radius 1 is 1.67 bits per heavy atom. The minimum absolute atomic E-state index is 0.201. The van der Waals surface area contributed by atoms with Crippen LogP contribution in [0.15, 0.2) is 15.5 Å². The van der Waals surface area contributed by atoms with E-state index in [0.29, 0.717) is 5.88 Å². The van der Waals surface area contributed by atoms with Gasteiger partial charge in [-0.3, -0.25) is 0 Å². The van der Waals surface area contributed by atoms with Crippen molar-refractivity contribution in [2.75, 3.05) is 20.2 Å². The van der Waals surface area contributed by atoms with E-state index in [1.807, 2.05) is 24.9 Å². The van der Waals surface area contributed by atoms with E-state index in [2.05, 4.69) is 38.8 Å². The van der Waals surface area contributed by atoms with Gasteiger partial charge in [-0.05, 0) is 35.8 Å². The number of hydrogen-bond donors (Lipinski definition) is 0. The predicted octanol–water partition coefficient (Wildman–Crippen LogP) is 2.78. The predicted molar refractivity (Wildman–Crippen MR) is 77.5 cm³/mol. The molecule has 0 aliphatic rings. The van der Waals surface area contributed by atoms with Crippen molar-refractivity contribution in [1.29, 1.82) is 0 Å². The van der Waals surface area contributed by atoms with Gasteiger partial charge < -0.3 is 9.64 Å². The second-order valence-electron chi connectivity index (χ2n) is 3.69. The molecule has 0 aromatic carbocycles. The van der Waals surface area contributed by atoms with Gasteiger partial charge in [0.1, 0.15) is 0 Å². The lowest BCUT2D eigenvalue weighted by molar-refractivity contribution is 0.352. The fraction of sp³-hybridized carbons (Fsp3) is 0.385. The van der Waals surface area contributed by atoms with Crippen LogP contribution in [0.3, 0.4) is 0 Å². The zero-order valence-corrected chi connectivity index (χ0v) is 12.4. The van der Waals surface area contributed by atoms with E-state index in [9.17, 15) is 0 Å². The molecule has 1 aromatic heterocycles. The summed E-state index contributed by atoms with van der Waals surface area (Å²) < 4.78 is 6.06. The summed E-state index contributed by atoms with van der Waals surface area (Å²) in [5.41, 5.74) is 1.60. The Balaban J connectivity index is 2.93. The third-order valence-electron chi connectivity index (χ3n) is 2.29. The van der Waals surface area contributed by atoms with Gasteiger partial charge in [0.2, 0.25) is 5.88 Å². The molecule has 0 aliphatic carbocycles. The van der Waals surface area contributed by atoms with Crippen molar-refractivity contribution in [2.45, 2.75) is 13.8 Å². The maximum atomic E-state index is 5.31. The van der Waals surface area contributed by atoms with Gasteiger partial charge in [0.05, 0.1) is 22.2 Å². The number of aromatic nitrogens is 1. The first-order chi connectivity index (χ1) is 8.58. The molecule has 1 aromatic rings. The van der Waals surface area contributed by atoms with Crippen molar-refractivity contribution in [3.8, 4) is 18.2 Å². The Morgan fingerprint density at radius 3 is 3.00 bits per heavy atom. The maximum Gasteiger partial charge on any atom is 0.229 e. The summed E-state index contributed by atoms with van der Waals surface area (Å²) in [5, 5.41) is 0. The summed E-state index contributed by atoms with van der Waals surface area (Å²) in [6, 6.07) is 1.87. The third kappa shape index (κ3) is 4.04. The van der Waals surface area contributed by atoms with Crippen LogP contribution in [0.4, 0.5) is 5.69 Å². The Bertz CT molecular complexity index is 480. The number of aryl methyl sites for hydroxylation is 1. The van der Waals surface area contributed by atoms with Crippen molar-refractivity contribution >= 4 is 28.0 Å². The normalized spacial score (nSPS) is 10.4. The number of halogens is 1. The van der Waals surface area contributed by atoms with Gasteiger partial charge in [0.25, 0.3) is 0 Å². The topological polar surface area (TPSA) is 37.7 Å². The number of nitrogens with zero attached hydrogens (tertiary/aromatic N) is 3. The standard InChI is InChI=1S/C13H16BrN3O/c1-5-7-18-13-11(14)8-12(10(3)16-13)15-9-17(4)6-2/h1,8-9H,6-7H2,2-4H3/b15-9+. The molecule has 0 aliphatic heterocycles. The van der Waals surface area contributed by atoms with E-state index in [0.717, 1.165) is 22.4 Å². The Labute approximate surface area is 116 Å². The molecule has 5 heteroatoms. The quantitative estimate of drug-likeness (QED) is 0.477. The molecule has 0 N–H and O–H groups in total. The van der Waals surface area contributed by atoms with E-state index >= 15 is 0 Å². The first-order valence-corrected chi connectivity index (χ1v) is 6.35. The summed E-state index contributed by atoms with van der Waals surface area (Å²) in [6.45, 7) is 5.05. The average Bonchev–Trinajstić information content (AvgIpc) is 2.37. The van der Waals surface area contributed by atoms with E-state index in [-0.39, 0.29) is 6.61 Å². The molecule has 0 bridgehead atoms. The van der Waals surface area contributed by atoms with Crippen LogP contribution in [0.5, 0.6) is 5.88 Å². The van der Waals surface area contributed by atoms with Gasteiger partial charge >= 0.3 is 0 Å². The summed E-state index contributed by atoms with van der Waals surface area (Å²) in [5.74, 6) is 2.90. The van der Waals surface area contributed by atoms with Gasteiger partial charge in [-0.2, -0.15) is 0 Å². The van der Waals surface area contributed by atoms with E-state index in [4.69, 9.17) is 11.2 Å². The number of terminal acetylenes is 1. The summed E-state index contributed by atoms with van der Waals surface area (Å²) in [7, 11) is 1.96. The van der Waals surface area contributed by atoms with Crippen LogP contribution in [0.1, 0.15) is 12.6 Å². The van der Waals surface area contributed by atoms with Gasteiger partial charge in [-0.1, -0.05) is 5.92 Å². The summed E-state index contributed by atoms with van der Waals surface area (Å²) in [4.78, 5) is 10.7. The van der Waals surface area contributed by atoms with Crippen LogP contribution >= 0.6 is 15.9 Å². The maximum absolute atomic E-state index is 5.31. The van der Waals surface area contributed by atoms with Crippen molar-refractivity contribution in [2.24, 2.45) is 4.99 Å². The zero-order chi connectivity index (χ0) is 13.5. The monoisotopic (exact) mass is 309 g/mol. The van der Waals surface area contributed by atoms with Crippen molar-refractivity contribution in [3.63, 3.8) is 0 Å². The molecule has 18 heavy (non-hydrogen) atoms. The number of ether oxygens (including phenoxy) is 1. The molecule has 0 fully saturated rings. The highest BCUT2D eigenvalue weighted by molar-refractivity contribution is 9.10. The molecule has 0 radical (unpaired) electrons. The van der Waals surface area contributed by atoms with Gasteiger partial charge in [0, 0.05) is 13.6 Å². The molecule has 1 heterocycles. The zero-order valence-electron chi connectivity index (χ0n) is 10.8. The lowest BCUT2D eigenvalue weighted by Gasteiger charge is -2.10. The van der Waals surface area contributed by atoms with Crippen LogP contribution in [-0.4, -0.2) is 36.4 Å². The largest absolute Gasteiger partial charge is 0.464 e.